The first-order chi connectivity index (χ1) is 14.8. The Morgan fingerprint density at radius 1 is 1.03 bits per heavy atom. The van der Waals surface area contributed by atoms with Crippen LogP contribution >= 0.6 is 11.3 Å². The maximum atomic E-state index is 12.9. The van der Waals surface area contributed by atoms with Crippen LogP contribution in [0.15, 0.2) is 48.7 Å². The zero-order valence-corrected chi connectivity index (χ0v) is 17.9. The number of likely N-dealkylation sites (tertiary alicyclic amines) is 1. The van der Waals surface area contributed by atoms with E-state index in [1.54, 1.807) is 11.3 Å². The molecular formula is C23H27N5OS. The van der Waals surface area contributed by atoms with E-state index in [1.807, 2.05) is 35.4 Å². The van der Waals surface area contributed by atoms with E-state index in [0.29, 0.717) is 12.5 Å². The van der Waals surface area contributed by atoms with Crippen molar-refractivity contribution in [2.24, 2.45) is 0 Å². The summed E-state index contributed by atoms with van der Waals surface area (Å²) in [5, 5.41) is 1.22. The molecule has 156 valence electrons. The topological polar surface area (TPSA) is 52.6 Å². The number of nitrogens with zero attached hydrogens (tertiary/aromatic N) is 5. The number of pyridine rings is 1. The summed E-state index contributed by atoms with van der Waals surface area (Å²) in [6, 6.07) is 14.3. The molecule has 5 rings (SSSR count). The summed E-state index contributed by atoms with van der Waals surface area (Å²) in [4.78, 5) is 28.8. The second-order valence-corrected chi connectivity index (χ2v) is 9.21. The molecule has 2 fully saturated rings. The van der Waals surface area contributed by atoms with Crippen LogP contribution in [0, 0.1) is 0 Å². The van der Waals surface area contributed by atoms with E-state index in [2.05, 4.69) is 33.0 Å². The molecule has 30 heavy (non-hydrogen) atoms. The average molecular weight is 422 g/mol. The number of benzene rings is 1. The van der Waals surface area contributed by atoms with Crippen molar-refractivity contribution in [3.8, 4) is 0 Å². The molecule has 2 aliphatic rings. The van der Waals surface area contributed by atoms with Crippen LogP contribution in [-0.4, -0.2) is 71.5 Å². The molecule has 2 aliphatic heterocycles. The van der Waals surface area contributed by atoms with Crippen LogP contribution in [0.2, 0.25) is 0 Å². The lowest BCUT2D eigenvalue weighted by Gasteiger charge is -2.37. The molecule has 0 saturated carbocycles. The molecule has 1 aromatic carbocycles. The van der Waals surface area contributed by atoms with Crippen molar-refractivity contribution in [1.82, 2.24) is 19.8 Å². The van der Waals surface area contributed by atoms with Crippen molar-refractivity contribution in [2.75, 3.05) is 50.7 Å². The van der Waals surface area contributed by atoms with Crippen LogP contribution in [0.25, 0.3) is 10.2 Å². The number of aromatic nitrogens is 2. The lowest BCUT2D eigenvalue weighted by Crippen LogP contribution is -2.52. The Kier molecular flexibility index (Phi) is 5.64. The highest BCUT2D eigenvalue weighted by Gasteiger charge is 2.28. The molecule has 0 bridgehead atoms. The summed E-state index contributed by atoms with van der Waals surface area (Å²) < 4.78 is 1.26. The number of carbonyl (C=O) groups excluding carboxylic acids is 1. The minimum atomic E-state index is 0.251. The minimum Gasteiger partial charge on any atom is -0.353 e. The second-order valence-electron chi connectivity index (χ2n) is 8.15. The van der Waals surface area contributed by atoms with Gasteiger partial charge in [-0.05, 0) is 43.7 Å². The van der Waals surface area contributed by atoms with Gasteiger partial charge in [0.15, 0.2) is 0 Å². The Hall–Kier alpha value is -2.51. The van der Waals surface area contributed by atoms with Crippen molar-refractivity contribution in [2.45, 2.75) is 18.8 Å². The van der Waals surface area contributed by atoms with Crippen molar-refractivity contribution >= 4 is 33.3 Å². The van der Waals surface area contributed by atoms with E-state index in [9.17, 15) is 4.79 Å². The predicted octanol–water partition coefficient (Wildman–Crippen LogP) is 3.22. The van der Waals surface area contributed by atoms with Crippen LogP contribution in [-0.2, 0) is 4.79 Å². The number of amides is 1. The number of para-hydroxylation sites is 1. The number of carbonyl (C=O) groups is 1. The molecule has 2 aromatic heterocycles. The number of anilines is 1. The van der Waals surface area contributed by atoms with Gasteiger partial charge in [-0.2, -0.15) is 0 Å². The number of fused-ring (bicyclic) bond motifs is 1. The van der Waals surface area contributed by atoms with Gasteiger partial charge in [-0.1, -0.05) is 18.2 Å². The van der Waals surface area contributed by atoms with Crippen LogP contribution in [0.3, 0.4) is 0 Å². The largest absolute Gasteiger partial charge is 0.353 e. The fraction of sp³-hybridized carbons (Fsp3) is 0.435. The molecule has 0 aliphatic carbocycles. The number of rotatable bonds is 4. The SMILES string of the molecule is O=C(CN1CCC[C@H](c2nc3ccccc3s2)C1)N1CCN(c2ccccn2)CC1. The molecule has 4 heterocycles. The average Bonchev–Trinajstić information content (AvgIpc) is 3.24. The second kappa shape index (κ2) is 8.70. The number of piperazine rings is 1. The summed E-state index contributed by atoms with van der Waals surface area (Å²) in [6.07, 6.45) is 4.11. The first-order valence-electron chi connectivity index (χ1n) is 10.8. The highest BCUT2D eigenvalue weighted by atomic mass is 32.1. The van der Waals surface area contributed by atoms with Gasteiger partial charge in [0.2, 0.25) is 5.91 Å². The maximum absolute atomic E-state index is 12.9. The molecule has 0 spiro atoms. The molecule has 0 radical (unpaired) electrons. The van der Waals surface area contributed by atoms with E-state index in [-0.39, 0.29) is 5.91 Å². The van der Waals surface area contributed by atoms with Crippen LogP contribution in [0.1, 0.15) is 23.8 Å². The minimum absolute atomic E-state index is 0.251. The van der Waals surface area contributed by atoms with Gasteiger partial charge in [0.25, 0.3) is 0 Å². The van der Waals surface area contributed by atoms with Gasteiger partial charge in [-0.3, -0.25) is 9.69 Å². The van der Waals surface area contributed by atoms with Crippen molar-refractivity contribution in [3.63, 3.8) is 0 Å². The Labute approximate surface area is 181 Å². The van der Waals surface area contributed by atoms with Gasteiger partial charge < -0.3 is 9.80 Å². The van der Waals surface area contributed by atoms with E-state index < -0.39 is 0 Å². The normalized spacial score (nSPS) is 20.6. The zero-order valence-electron chi connectivity index (χ0n) is 17.1. The quantitative estimate of drug-likeness (QED) is 0.647. The fourth-order valence-corrected chi connectivity index (χ4v) is 5.58. The molecule has 0 unspecified atom stereocenters. The third-order valence-corrected chi connectivity index (χ3v) is 7.33. The van der Waals surface area contributed by atoms with Gasteiger partial charge in [-0.25, -0.2) is 9.97 Å². The van der Waals surface area contributed by atoms with Crippen LogP contribution in [0.4, 0.5) is 5.82 Å². The number of hydrogen-bond donors (Lipinski definition) is 0. The molecule has 1 amide bonds. The van der Waals surface area contributed by atoms with Gasteiger partial charge in [0, 0.05) is 44.8 Å². The Morgan fingerprint density at radius 2 is 1.87 bits per heavy atom. The van der Waals surface area contributed by atoms with Crippen LogP contribution < -0.4 is 4.90 Å². The fourth-order valence-electron chi connectivity index (χ4n) is 4.48. The number of thiazole rings is 1. The highest BCUT2D eigenvalue weighted by molar-refractivity contribution is 7.18. The third kappa shape index (κ3) is 4.18. The summed E-state index contributed by atoms with van der Waals surface area (Å²) in [7, 11) is 0. The molecule has 0 N–H and O–H groups in total. The molecule has 3 aromatic rings. The predicted molar refractivity (Wildman–Crippen MR) is 121 cm³/mol. The van der Waals surface area contributed by atoms with E-state index in [1.165, 1.54) is 9.71 Å². The smallest absolute Gasteiger partial charge is 0.236 e. The summed E-state index contributed by atoms with van der Waals surface area (Å²) >= 11 is 1.81. The molecule has 6 nitrogen and oxygen atoms in total. The van der Waals surface area contributed by atoms with Crippen molar-refractivity contribution in [3.05, 3.63) is 53.7 Å². The van der Waals surface area contributed by atoms with E-state index >= 15 is 0 Å². The lowest BCUT2D eigenvalue weighted by atomic mass is 9.98. The highest BCUT2D eigenvalue weighted by Crippen LogP contribution is 2.32. The zero-order chi connectivity index (χ0) is 20.3. The van der Waals surface area contributed by atoms with Gasteiger partial charge in [0.1, 0.15) is 5.82 Å². The van der Waals surface area contributed by atoms with E-state index in [0.717, 1.165) is 63.4 Å². The monoisotopic (exact) mass is 421 g/mol. The van der Waals surface area contributed by atoms with E-state index in [4.69, 9.17) is 4.98 Å². The standard InChI is InChI=1S/C23H27N5OS/c29-22(28-14-12-27(13-15-28)21-9-3-4-10-24-21)17-26-11-5-6-18(16-26)23-25-19-7-1-2-8-20(19)30-23/h1-4,7-10,18H,5-6,11-17H2/t18-/m0/s1. The van der Waals surface area contributed by atoms with Gasteiger partial charge >= 0.3 is 0 Å². The van der Waals surface area contributed by atoms with Crippen LogP contribution in [0.5, 0.6) is 0 Å². The third-order valence-electron chi connectivity index (χ3n) is 6.13. The molecule has 2 saturated heterocycles. The van der Waals surface area contributed by atoms with Gasteiger partial charge in [0.05, 0.1) is 21.8 Å². The molecule has 7 heteroatoms. The lowest BCUT2D eigenvalue weighted by molar-refractivity contribution is -0.133. The number of hydrogen-bond acceptors (Lipinski definition) is 6. The van der Waals surface area contributed by atoms with Gasteiger partial charge in [-0.15, -0.1) is 11.3 Å². The first kappa shape index (κ1) is 19.5. The first-order valence-corrected chi connectivity index (χ1v) is 11.6. The van der Waals surface area contributed by atoms with Crippen molar-refractivity contribution < 1.29 is 4.79 Å². The Morgan fingerprint density at radius 3 is 2.67 bits per heavy atom. The van der Waals surface area contributed by atoms with Crippen molar-refractivity contribution in [1.29, 1.82) is 0 Å². The Balaban J connectivity index is 1.16. The maximum Gasteiger partial charge on any atom is 0.236 e. The molecule has 1 atom stereocenters. The Bertz CT molecular complexity index is 966. The summed E-state index contributed by atoms with van der Waals surface area (Å²) in [6.45, 7) is 5.68. The molecular weight excluding hydrogens is 394 g/mol. The summed E-state index contributed by atoms with van der Waals surface area (Å²) in [5.41, 5.74) is 1.09. The summed E-state index contributed by atoms with van der Waals surface area (Å²) in [5.74, 6) is 1.69. The number of piperidine rings is 1.